The molecule has 0 aromatic rings. The summed E-state index contributed by atoms with van der Waals surface area (Å²) in [6, 6.07) is 0. The largest absolute Gasteiger partial charge is 0.391 e. The maximum absolute atomic E-state index is 12.9. The number of hydrogen-bond acceptors (Lipinski definition) is 2. The van der Waals surface area contributed by atoms with Gasteiger partial charge in [0, 0.05) is 12.1 Å². The highest BCUT2D eigenvalue weighted by Gasteiger charge is 2.48. The SMILES string of the molecule is CCCN(CC)C1(CN)CCCC(C(F)(F)F)C1. The Kier molecular flexibility index (Phi) is 5.46. The number of likely N-dealkylation sites (N-methyl/N-ethyl adjacent to an activating group) is 1. The van der Waals surface area contributed by atoms with Crippen molar-refractivity contribution in [2.24, 2.45) is 11.7 Å². The van der Waals surface area contributed by atoms with E-state index in [1.165, 1.54) is 0 Å². The van der Waals surface area contributed by atoms with Crippen LogP contribution in [0.1, 0.15) is 46.0 Å². The van der Waals surface area contributed by atoms with E-state index in [0.717, 1.165) is 25.9 Å². The monoisotopic (exact) mass is 266 g/mol. The number of nitrogens with zero attached hydrogens (tertiary/aromatic N) is 1. The standard InChI is InChI=1S/C13H25F3N2/c1-3-8-18(4-2)12(10-17)7-5-6-11(9-12)13(14,15)16/h11H,3-10,17H2,1-2H3. The van der Waals surface area contributed by atoms with Crippen molar-refractivity contribution in [1.29, 1.82) is 0 Å². The average molecular weight is 266 g/mol. The Bertz CT molecular complexity index is 255. The van der Waals surface area contributed by atoms with Crippen molar-refractivity contribution in [3.05, 3.63) is 0 Å². The Hall–Kier alpha value is -0.290. The molecule has 2 unspecified atom stereocenters. The van der Waals surface area contributed by atoms with Crippen LogP contribution in [0.5, 0.6) is 0 Å². The summed E-state index contributed by atoms with van der Waals surface area (Å²) in [4.78, 5) is 2.16. The van der Waals surface area contributed by atoms with Crippen LogP contribution in [0.4, 0.5) is 13.2 Å². The zero-order valence-electron chi connectivity index (χ0n) is 11.4. The fourth-order valence-corrected chi connectivity index (χ4v) is 3.22. The minimum atomic E-state index is -4.08. The van der Waals surface area contributed by atoms with Crippen LogP contribution >= 0.6 is 0 Å². The molecule has 2 N–H and O–H groups in total. The average Bonchev–Trinajstić information content (AvgIpc) is 2.35. The normalized spacial score (nSPS) is 29.8. The van der Waals surface area contributed by atoms with Gasteiger partial charge in [-0.3, -0.25) is 4.90 Å². The predicted octanol–water partition coefficient (Wildman–Crippen LogP) is 3.17. The summed E-state index contributed by atoms with van der Waals surface area (Å²) in [6.07, 6.45) is -1.28. The number of hydrogen-bond donors (Lipinski definition) is 1. The molecule has 0 bridgehead atoms. The van der Waals surface area contributed by atoms with Crippen LogP contribution in [0, 0.1) is 5.92 Å². The first kappa shape index (κ1) is 15.8. The molecule has 0 amide bonds. The van der Waals surface area contributed by atoms with Gasteiger partial charge in [-0.2, -0.15) is 13.2 Å². The summed E-state index contributed by atoms with van der Waals surface area (Å²) in [6.45, 7) is 5.99. The summed E-state index contributed by atoms with van der Waals surface area (Å²) in [5, 5.41) is 0. The summed E-state index contributed by atoms with van der Waals surface area (Å²) >= 11 is 0. The molecule has 0 radical (unpaired) electrons. The van der Waals surface area contributed by atoms with E-state index in [2.05, 4.69) is 11.8 Å². The van der Waals surface area contributed by atoms with Crippen molar-refractivity contribution in [3.8, 4) is 0 Å². The Balaban J connectivity index is 2.85. The first-order chi connectivity index (χ1) is 8.39. The number of rotatable bonds is 5. The minimum absolute atomic E-state index is 0.167. The van der Waals surface area contributed by atoms with Crippen molar-refractivity contribution in [2.75, 3.05) is 19.6 Å². The van der Waals surface area contributed by atoms with Gasteiger partial charge >= 0.3 is 6.18 Å². The first-order valence-corrected chi connectivity index (χ1v) is 6.91. The van der Waals surface area contributed by atoms with Crippen molar-refractivity contribution in [3.63, 3.8) is 0 Å². The van der Waals surface area contributed by atoms with E-state index in [1.54, 1.807) is 0 Å². The molecule has 0 aromatic carbocycles. The van der Waals surface area contributed by atoms with Crippen molar-refractivity contribution in [2.45, 2.75) is 57.7 Å². The second kappa shape index (κ2) is 6.24. The molecule has 0 aromatic heterocycles. The Morgan fingerprint density at radius 1 is 1.33 bits per heavy atom. The fraction of sp³-hybridized carbons (Fsp3) is 1.00. The van der Waals surface area contributed by atoms with Crippen LogP contribution in [0.15, 0.2) is 0 Å². The highest BCUT2D eigenvalue weighted by molar-refractivity contribution is 4.97. The van der Waals surface area contributed by atoms with Gasteiger partial charge in [-0.25, -0.2) is 0 Å². The lowest BCUT2D eigenvalue weighted by atomic mass is 9.74. The highest BCUT2D eigenvalue weighted by atomic mass is 19.4. The lowest BCUT2D eigenvalue weighted by Crippen LogP contribution is -2.57. The van der Waals surface area contributed by atoms with E-state index < -0.39 is 17.6 Å². The molecule has 0 aliphatic heterocycles. The molecule has 2 atom stereocenters. The summed E-state index contributed by atoms with van der Waals surface area (Å²) in [5.74, 6) is -1.18. The summed E-state index contributed by atoms with van der Waals surface area (Å²) in [7, 11) is 0. The first-order valence-electron chi connectivity index (χ1n) is 6.91. The van der Waals surface area contributed by atoms with Gasteiger partial charge in [0.2, 0.25) is 0 Å². The predicted molar refractivity (Wildman–Crippen MR) is 67.3 cm³/mol. The molecule has 0 saturated heterocycles. The van der Waals surface area contributed by atoms with E-state index in [-0.39, 0.29) is 12.8 Å². The molecule has 0 heterocycles. The van der Waals surface area contributed by atoms with Crippen LogP contribution in [-0.2, 0) is 0 Å². The molecule has 5 heteroatoms. The van der Waals surface area contributed by atoms with Gasteiger partial charge in [0.1, 0.15) is 0 Å². The van der Waals surface area contributed by atoms with E-state index in [4.69, 9.17) is 5.73 Å². The van der Waals surface area contributed by atoms with Gasteiger partial charge in [-0.1, -0.05) is 20.3 Å². The Morgan fingerprint density at radius 3 is 2.44 bits per heavy atom. The van der Waals surface area contributed by atoms with Crippen LogP contribution in [0.3, 0.4) is 0 Å². The van der Waals surface area contributed by atoms with Crippen molar-refractivity contribution >= 4 is 0 Å². The maximum atomic E-state index is 12.9. The fourth-order valence-electron chi connectivity index (χ4n) is 3.22. The molecule has 1 rings (SSSR count). The molecule has 108 valence electrons. The number of halogens is 3. The van der Waals surface area contributed by atoms with E-state index in [0.29, 0.717) is 13.0 Å². The lowest BCUT2D eigenvalue weighted by Gasteiger charge is -2.48. The van der Waals surface area contributed by atoms with E-state index >= 15 is 0 Å². The van der Waals surface area contributed by atoms with Crippen molar-refractivity contribution in [1.82, 2.24) is 4.90 Å². The van der Waals surface area contributed by atoms with Crippen LogP contribution in [0.2, 0.25) is 0 Å². The molecule has 0 spiro atoms. The lowest BCUT2D eigenvalue weighted by molar-refractivity contribution is -0.193. The maximum Gasteiger partial charge on any atom is 0.391 e. The Labute approximate surface area is 108 Å². The molecule has 1 saturated carbocycles. The second-order valence-corrected chi connectivity index (χ2v) is 5.34. The summed E-state index contributed by atoms with van der Waals surface area (Å²) in [5.41, 5.74) is 5.40. The third-order valence-electron chi connectivity index (χ3n) is 4.21. The molecule has 1 aliphatic rings. The van der Waals surface area contributed by atoms with Gasteiger partial charge < -0.3 is 5.73 Å². The van der Waals surface area contributed by atoms with Gasteiger partial charge in [0.15, 0.2) is 0 Å². The zero-order chi connectivity index (χ0) is 13.8. The zero-order valence-corrected chi connectivity index (χ0v) is 11.4. The topological polar surface area (TPSA) is 29.3 Å². The number of nitrogens with two attached hydrogens (primary N) is 1. The van der Waals surface area contributed by atoms with Crippen LogP contribution < -0.4 is 5.73 Å². The molecular weight excluding hydrogens is 241 g/mol. The third-order valence-corrected chi connectivity index (χ3v) is 4.21. The van der Waals surface area contributed by atoms with Crippen LogP contribution in [-0.4, -0.2) is 36.2 Å². The van der Waals surface area contributed by atoms with Gasteiger partial charge in [-0.05, 0) is 38.8 Å². The third kappa shape index (κ3) is 3.38. The second-order valence-electron chi connectivity index (χ2n) is 5.34. The van der Waals surface area contributed by atoms with Crippen LogP contribution in [0.25, 0.3) is 0 Å². The van der Waals surface area contributed by atoms with E-state index in [9.17, 15) is 13.2 Å². The quantitative estimate of drug-likeness (QED) is 0.828. The minimum Gasteiger partial charge on any atom is -0.329 e. The van der Waals surface area contributed by atoms with Crippen molar-refractivity contribution < 1.29 is 13.2 Å². The highest BCUT2D eigenvalue weighted by Crippen LogP contribution is 2.43. The molecule has 1 fully saturated rings. The van der Waals surface area contributed by atoms with Gasteiger partial charge in [-0.15, -0.1) is 0 Å². The molecule has 18 heavy (non-hydrogen) atoms. The molecule has 1 aliphatic carbocycles. The molecule has 2 nitrogen and oxygen atoms in total. The molecular formula is C13H25F3N2. The van der Waals surface area contributed by atoms with Gasteiger partial charge in [0.05, 0.1) is 5.92 Å². The van der Waals surface area contributed by atoms with Gasteiger partial charge in [0.25, 0.3) is 0 Å². The summed E-state index contributed by atoms with van der Waals surface area (Å²) < 4.78 is 38.7. The Morgan fingerprint density at radius 2 is 2.00 bits per heavy atom. The smallest absolute Gasteiger partial charge is 0.329 e. The van der Waals surface area contributed by atoms with E-state index in [1.807, 2.05) is 6.92 Å². The number of alkyl halides is 3.